The molecule has 0 unspecified atom stereocenters. The minimum Gasteiger partial charge on any atom is -0.480 e. The maximum absolute atomic E-state index is 12.3. The summed E-state index contributed by atoms with van der Waals surface area (Å²) in [5.41, 5.74) is 0.471. The highest BCUT2D eigenvalue weighted by molar-refractivity contribution is 7.89. The molecule has 1 aromatic rings. The smallest absolute Gasteiger partial charge is 0.322 e. The minimum absolute atomic E-state index is 0.0384. The second-order valence-electron chi connectivity index (χ2n) is 4.73. The van der Waals surface area contributed by atoms with Crippen LogP contribution in [-0.4, -0.2) is 25.5 Å². The van der Waals surface area contributed by atoms with Crippen LogP contribution in [0.1, 0.15) is 25.8 Å². The predicted molar refractivity (Wildman–Crippen MR) is 77.4 cm³/mol. The molecule has 2 atom stereocenters. The zero-order chi connectivity index (χ0) is 15.5. The molecule has 1 aromatic carbocycles. The molecule has 0 saturated carbocycles. The highest BCUT2D eigenvalue weighted by Crippen LogP contribution is 2.21. The van der Waals surface area contributed by atoms with E-state index in [0.29, 0.717) is 17.0 Å². The number of benzene rings is 1. The van der Waals surface area contributed by atoms with Crippen molar-refractivity contribution in [3.8, 4) is 0 Å². The van der Waals surface area contributed by atoms with Gasteiger partial charge in [0.2, 0.25) is 10.0 Å². The number of nitrogens with one attached hydrogen (secondary N) is 1. The van der Waals surface area contributed by atoms with Crippen molar-refractivity contribution in [2.24, 2.45) is 5.92 Å². The lowest BCUT2D eigenvalue weighted by Crippen LogP contribution is -2.45. The Kier molecular flexibility index (Phi) is 5.56. The number of aliphatic carboxylic acids is 1. The van der Waals surface area contributed by atoms with Crippen LogP contribution in [0.3, 0.4) is 0 Å². The third-order valence-electron chi connectivity index (χ3n) is 3.19. The first-order chi connectivity index (χ1) is 9.19. The first-order valence-corrected chi connectivity index (χ1v) is 8.06. The third kappa shape index (κ3) is 3.94. The molecule has 0 aromatic heterocycles. The van der Waals surface area contributed by atoms with Crippen LogP contribution in [0.2, 0.25) is 5.02 Å². The highest BCUT2D eigenvalue weighted by Gasteiger charge is 2.30. The van der Waals surface area contributed by atoms with Gasteiger partial charge < -0.3 is 5.11 Å². The zero-order valence-corrected chi connectivity index (χ0v) is 13.1. The van der Waals surface area contributed by atoms with E-state index in [1.165, 1.54) is 18.2 Å². The fraction of sp³-hybridized carbons (Fsp3) is 0.462. The second kappa shape index (κ2) is 6.56. The first-order valence-electron chi connectivity index (χ1n) is 6.20. The molecule has 1 rings (SSSR count). The number of carboxylic acid groups (broad SMARTS) is 1. The summed E-state index contributed by atoms with van der Waals surface area (Å²) in [5, 5.41) is 9.58. The summed E-state index contributed by atoms with van der Waals surface area (Å²) in [6.07, 6.45) is 0.555. The van der Waals surface area contributed by atoms with Crippen molar-refractivity contribution in [3.05, 3.63) is 28.8 Å². The number of aryl methyl sites for hydroxylation is 1. The Bertz CT molecular complexity index is 600. The summed E-state index contributed by atoms with van der Waals surface area (Å²) in [6.45, 7) is 5.11. The van der Waals surface area contributed by atoms with Gasteiger partial charge in [-0.2, -0.15) is 4.72 Å². The molecule has 0 heterocycles. The molecule has 0 saturated heterocycles. The van der Waals surface area contributed by atoms with Gasteiger partial charge in [0, 0.05) is 5.02 Å². The lowest BCUT2D eigenvalue weighted by atomic mass is 10.0. The summed E-state index contributed by atoms with van der Waals surface area (Å²) in [6, 6.07) is 3.20. The van der Waals surface area contributed by atoms with Crippen LogP contribution >= 0.6 is 11.6 Å². The maximum Gasteiger partial charge on any atom is 0.322 e. The molecule has 112 valence electrons. The van der Waals surface area contributed by atoms with E-state index < -0.39 is 22.0 Å². The lowest BCUT2D eigenvalue weighted by Gasteiger charge is -2.20. The van der Waals surface area contributed by atoms with E-state index in [0.717, 1.165) is 0 Å². The van der Waals surface area contributed by atoms with Gasteiger partial charge in [-0.15, -0.1) is 0 Å². The van der Waals surface area contributed by atoms with Crippen molar-refractivity contribution in [1.82, 2.24) is 4.72 Å². The quantitative estimate of drug-likeness (QED) is 0.843. The summed E-state index contributed by atoms with van der Waals surface area (Å²) >= 11 is 5.79. The van der Waals surface area contributed by atoms with Crippen LogP contribution in [0.5, 0.6) is 0 Å². The fourth-order valence-electron chi connectivity index (χ4n) is 1.79. The Morgan fingerprint density at radius 3 is 2.50 bits per heavy atom. The minimum atomic E-state index is -3.90. The molecule has 2 N–H and O–H groups in total. The van der Waals surface area contributed by atoms with Crippen molar-refractivity contribution < 1.29 is 18.3 Å². The van der Waals surface area contributed by atoms with Gasteiger partial charge in [0.15, 0.2) is 0 Å². The third-order valence-corrected chi connectivity index (χ3v) is 5.02. The SMILES string of the molecule is CC[C@H](C)[C@H](NS(=O)(=O)c1ccc(Cl)cc1C)C(=O)O. The number of hydrogen-bond donors (Lipinski definition) is 2. The molecule has 5 nitrogen and oxygen atoms in total. The molecule has 0 radical (unpaired) electrons. The van der Waals surface area contributed by atoms with E-state index >= 15 is 0 Å². The topological polar surface area (TPSA) is 83.5 Å². The molecule has 0 bridgehead atoms. The molecule has 0 fully saturated rings. The van der Waals surface area contributed by atoms with Crippen LogP contribution in [0.15, 0.2) is 23.1 Å². The van der Waals surface area contributed by atoms with Crippen molar-refractivity contribution in [1.29, 1.82) is 0 Å². The standard InChI is InChI=1S/C13H18ClNO4S/c1-4-8(2)12(13(16)17)15-20(18,19)11-6-5-10(14)7-9(11)3/h5-8,12,15H,4H2,1-3H3,(H,16,17)/t8-,12-/m0/s1. The molecule has 0 amide bonds. The van der Waals surface area contributed by atoms with Crippen molar-refractivity contribution in [2.45, 2.75) is 38.1 Å². The van der Waals surface area contributed by atoms with Gasteiger partial charge in [-0.1, -0.05) is 31.9 Å². The van der Waals surface area contributed by atoms with Crippen LogP contribution in [0.4, 0.5) is 0 Å². The van der Waals surface area contributed by atoms with Crippen molar-refractivity contribution in [3.63, 3.8) is 0 Å². The molecular formula is C13H18ClNO4S. The summed E-state index contributed by atoms with van der Waals surface area (Å²) in [5.74, 6) is -1.50. The monoisotopic (exact) mass is 319 g/mol. The average molecular weight is 320 g/mol. The first kappa shape index (κ1) is 16.9. The molecule has 20 heavy (non-hydrogen) atoms. The van der Waals surface area contributed by atoms with Gasteiger partial charge in [-0.05, 0) is 36.6 Å². The Morgan fingerprint density at radius 2 is 2.05 bits per heavy atom. The number of rotatable bonds is 6. The van der Waals surface area contributed by atoms with Gasteiger partial charge >= 0.3 is 5.97 Å². The Labute approximate surface area is 124 Å². The summed E-state index contributed by atoms with van der Waals surface area (Å²) < 4.78 is 26.8. The summed E-state index contributed by atoms with van der Waals surface area (Å²) in [4.78, 5) is 11.2. The molecule has 0 aliphatic rings. The number of carboxylic acids is 1. The highest BCUT2D eigenvalue weighted by atomic mass is 35.5. The van der Waals surface area contributed by atoms with Crippen LogP contribution in [-0.2, 0) is 14.8 Å². The van der Waals surface area contributed by atoms with E-state index in [1.807, 2.05) is 6.92 Å². The number of hydrogen-bond acceptors (Lipinski definition) is 3. The van der Waals surface area contributed by atoms with Crippen LogP contribution < -0.4 is 4.72 Å². The van der Waals surface area contributed by atoms with Gasteiger partial charge in [0.1, 0.15) is 6.04 Å². The van der Waals surface area contributed by atoms with Gasteiger partial charge in [-0.3, -0.25) is 4.79 Å². The van der Waals surface area contributed by atoms with Crippen LogP contribution in [0.25, 0.3) is 0 Å². The molecular weight excluding hydrogens is 302 g/mol. The van der Waals surface area contributed by atoms with Gasteiger partial charge in [0.25, 0.3) is 0 Å². The summed E-state index contributed by atoms with van der Waals surface area (Å²) in [7, 11) is -3.90. The number of halogens is 1. The molecule has 0 aliphatic heterocycles. The van der Waals surface area contributed by atoms with E-state index in [-0.39, 0.29) is 10.8 Å². The van der Waals surface area contributed by atoms with E-state index in [1.54, 1.807) is 13.8 Å². The Hall–Kier alpha value is -1.11. The largest absolute Gasteiger partial charge is 0.480 e. The fourth-order valence-corrected chi connectivity index (χ4v) is 3.54. The predicted octanol–water partition coefficient (Wildman–Crippen LogP) is 2.43. The average Bonchev–Trinajstić information content (AvgIpc) is 2.34. The molecule has 0 aliphatic carbocycles. The Morgan fingerprint density at radius 1 is 1.45 bits per heavy atom. The van der Waals surface area contributed by atoms with E-state index in [4.69, 9.17) is 16.7 Å². The van der Waals surface area contributed by atoms with Gasteiger partial charge in [-0.25, -0.2) is 8.42 Å². The van der Waals surface area contributed by atoms with Crippen LogP contribution in [0, 0.1) is 12.8 Å². The van der Waals surface area contributed by atoms with E-state index in [2.05, 4.69) is 4.72 Å². The lowest BCUT2D eigenvalue weighted by molar-refractivity contribution is -0.140. The molecule has 7 heteroatoms. The van der Waals surface area contributed by atoms with E-state index in [9.17, 15) is 13.2 Å². The van der Waals surface area contributed by atoms with Crippen molar-refractivity contribution >= 4 is 27.6 Å². The Balaban J connectivity index is 3.13. The maximum atomic E-state index is 12.3. The van der Waals surface area contributed by atoms with Crippen molar-refractivity contribution in [2.75, 3.05) is 0 Å². The van der Waals surface area contributed by atoms with Gasteiger partial charge in [0.05, 0.1) is 4.90 Å². The number of sulfonamides is 1. The molecule has 0 spiro atoms. The second-order valence-corrected chi connectivity index (χ2v) is 6.85. The normalized spacial score (nSPS) is 14.8. The zero-order valence-electron chi connectivity index (χ0n) is 11.6. The number of carbonyl (C=O) groups is 1.